The number of hydrogen-bond acceptors (Lipinski definition) is 5. The number of benzene rings is 3. The molecule has 3 aromatic carbocycles. The molecular formula is C24H23N3O4S. The van der Waals surface area contributed by atoms with Crippen molar-refractivity contribution in [2.24, 2.45) is 5.10 Å². The van der Waals surface area contributed by atoms with Crippen molar-refractivity contribution in [1.82, 2.24) is 5.43 Å². The maximum absolute atomic E-state index is 12.5. The van der Waals surface area contributed by atoms with Gasteiger partial charge in [-0.1, -0.05) is 36.4 Å². The summed E-state index contributed by atoms with van der Waals surface area (Å²) in [7, 11) is -3.76. The number of anilines is 1. The number of rotatable bonds is 9. The molecule has 8 heteroatoms. The van der Waals surface area contributed by atoms with E-state index in [1.807, 2.05) is 43.3 Å². The third-order valence-electron chi connectivity index (χ3n) is 4.26. The number of carbonyl (C=O) groups is 1. The second-order valence-corrected chi connectivity index (χ2v) is 8.26. The van der Waals surface area contributed by atoms with Gasteiger partial charge in [0.15, 0.2) is 0 Å². The molecule has 0 fully saturated rings. The molecule has 0 aromatic heterocycles. The molecule has 0 aliphatic heterocycles. The Morgan fingerprint density at radius 1 is 0.969 bits per heavy atom. The van der Waals surface area contributed by atoms with E-state index < -0.39 is 15.9 Å². The van der Waals surface area contributed by atoms with Crippen molar-refractivity contribution >= 4 is 33.9 Å². The smallest absolute Gasteiger partial charge is 0.271 e. The van der Waals surface area contributed by atoms with Crippen molar-refractivity contribution in [2.75, 3.05) is 11.3 Å². The van der Waals surface area contributed by atoms with Crippen LogP contribution in [0, 0.1) is 0 Å². The van der Waals surface area contributed by atoms with Crippen molar-refractivity contribution in [3.8, 4) is 5.75 Å². The van der Waals surface area contributed by atoms with E-state index in [1.54, 1.807) is 18.2 Å². The summed E-state index contributed by atoms with van der Waals surface area (Å²) < 4.78 is 32.9. The Labute approximate surface area is 187 Å². The fraction of sp³-hybridized carbons (Fsp3) is 0.0833. The van der Waals surface area contributed by atoms with Crippen LogP contribution in [-0.2, 0) is 10.0 Å². The summed E-state index contributed by atoms with van der Waals surface area (Å²) >= 11 is 0. The number of nitrogens with one attached hydrogen (secondary N) is 2. The molecule has 1 amide bonds. The normalized spacial score (nSPS) is 11.5. The Morgan fingerprint density at radius 2 is 1.66 bits per heavy atom. The first-order chi connectivity index (χ1) is 15.5. The molecule has 0 saturated heterocycles. The Kier molecular flexibility index (Phi) is 7.77. The molecule has 0 saturated carbocycles. The van der Waals surface area contributed by atoms with Gasteiger partial charge in [0.25, 0.3) is 15.9 Å². The summed E-state index contributed by atoms with van der Waals surface area (Å²) in [6.07, 6.45) is 5.06. The highest BCUT2D eigenvalue weighted by Crippen LogP contribution is 2.19. The molecule has 7 nitrogen and oxygen atoms in total. The highest BCUT2D eigenvalue weighted by molar-refractivity contribution is 7.92. The maximum Gasteiger partial charge on any atom is 0.271 e. The second kappa shape index (κ2) is 10.9. The van der Waals surface area contributed by atoms with Crippen LogP contribution in [0.2, 0.25) is 0 Å². The summed E-state index contributed by atoms with van der Waals surface area (Å²) in [4.78, 5) is 12.3. The molecule has 0 spiro atoms. The van der Waals surface area contributed by atoms with E-state index in [-0.39, 0.29) is 4.90 Å². The number of carbonyl (C=O) groups excluding carboxylic acids is 1. The van der Waals surface area contributed by atoms with Crippen LogP contribution in [0.25, 0.3) is 6.08 Å². The van der Waals surface area contributed by atoms with Crippen LogP contribution in [0.3, 0.4) is 0 Å². The van der Waals surface area contributed by atoms with E-state index in [0.717, 1.165) is 5.56 Å². The number of ether oxygens (including phenoxy) is 1. The van der Waals surface area contributed by atoms with Crippen LogP contribution in [0.15, 0.2) is 94.9 Å². The van der Waals surface area contributed by atoms with Crippen molar-refractivity contribution in [3.05, 3.63) is 96.1 Å². The standard InChI is InChI=1S/C24H23N3O4S/c1-2-31-22-14-16-23(17-15-22)32(29,30)27-21-12-10-20(11-13-21)24(28)26-25-18-6-9-19-7-4-3-5-8-19/h3-18,27H,2H2,1H3,(H,26,28)/b9-6+,25-18+. The van der Waals surface area contributed by atoms with Gasteiger partial charge in [-0.25, -0.2) is 13.8 Å². The zero-order valence-electron chi connectivity index (χ0n) is 17.4. The lowest BCUT2D eigenvalue weighted by Gasteiger charge is -2.09. The zero-order valence-corrected chi connectivity index (χ0v) is 18.2. The SMILES string of the molecule is CCOc1ccc(S(=O)(=O)Nc2ccc(C(=O)N/N=C/C=C/c3ccccc3)cc2)cc1. The minimum Gasteiger partial charge on any atom is -0.494 e. The third-order valence-corrected chi connectivity index (χ3v) is 5.66. The van der Waals surface area contributed by atoms with E-state index in [1.165, 1.54) is 42.6 Å². The summed E-state index contributed by atoms with van der Waals surface area (Å²) in [6.45, 7) is 2.35. The Hall–Kier alpha value is -3.91. The Bertz CT molecular complexity index is 1190. The van der Waals surface area contributed by atoms with Gasteiger partial charge in [0.1, 0.15) is 5.75 Å². The van der Waals surface area contributed by atoms with E-state index in [2.05, 4.69) is 15.2 Å². The number of hydrogen-bond donors (Lipinski definition) is 2. The molecule has 0 unspecified atom stereocenters. The lowest BCUT2D eigenvalue weighted by Crippen LogP contribution is -2.17. The molecule has 32 heavy (non-hydrogen) atoms. The molecular weight excluding hydrogens is 426 g/mol. The van der Waals surface area contributed by atoms with E-state index in [9.17, 15) is 13.2 Å². The van der Waals surface area contributed by atoms with Gasteiger partial charge in [-0.05, 0) is 67.1 Å². The molecule has 3 aromatic rings. The predicted molar refractivity (Wildman–Crippen MR) is 126 cm³/mol. The summed E-state index contributed by atoms with van der Waals surface area (Å²) in [5, 5.41) is 3.87. The van der Waals surface area contributed by atoms with Crippen LogP contribution in [0.1, 0.15) is 22.8 Å². The summed E-state index contributed by atoms with van der Waals surface area (Å²) in [5.74, 6) is 0.190. The van der Waals surface area contributed by atoms with Gasteiger partial charge in [0.05, 0.1) is 11.5 Å². The van der Waals surface area contributed by atoms with Crippen molar-refractivity contribution in [3.63, 3.8) is 0 Å². The highest BCUT2D eigenvalue weighted by Gasteiger charge is 2.14. The number of amides is 1. The summed E-state index contributed by atoms with van der Waals surface area (Å²) in [6, 6.07) is 21.9. The minimum atomic E-state index is -3.76. The van der Waals surface area contributed by atoms with E-state index >= 15 is 0 Å². The quantitative estimate of drug-likeness (QED) is 0.376. The molecule has 0 atom stereocenters. The average Bonchev–Trinajstić information content (AvgIpc) is 2.80. The van der Waals surface area contributed by atoms with Gasteiger partial charge in [0.2, 0.25) is 0 Å². The average molecular weight is 450 g/mol. The monoisotopic (exact) mass is 449 g/mol. The lowest BCUT2D eigenvalue weighted by atomic mass is 10.2. The number of allylic oxidation sites excluding steroid dienone is 1. The van der Waals surface area contributed by atoms with Crippen LogP contribution < -0.4 is 14.9 Å². The predicted octanol–water partition coefficient (Wildman–Crippen LogP) is 4.32. The van der Waals surface area contributed by atoms with Gasteiger partial charge in [-0.2, -0.15) is 5.10 Å². The van der Waals surface area contributed by atoms with Crippen LogP contribution >= 0.6 is 0 Å². The van der Waals surface area contributed by atoms with E-state index in [0.29, 0.717) is 23.6 Å². The molecule has 0 aliphatic carbocycles. The fourth-order valence-electron chi connectivity index (χ4n) is 2.71. The summed E-state index contributed by atoms with van der Waals surface area (Å²) in [5.41, 5.74) is 4.13. The van der Waals surface area contributed by atoms with Crippen LogP contribution in [-0.4, -0.2) is 27.1 Å². The molecule has 3 rings (SSSR count). The van der Waals surface area contributed by atoms with Gasteiger partial charge < -0.3 is 4.74 Å². The van der Waals surface area contributed by atoms with Gasteiger partial charge in [-0.3, -0.25) is 9.52 Å². The Balaban J connectivity index is 1.56. The largest absolute Gasteiger partial charge is 0.494 e. The van der Waals surface area contributed by atoms with Crippen LogP contribution in [0.4, 0.5) is 5.69 Å². The minimum absolute atomic E-state index is 0.112. The van der Waals surface area contributed by atoms with Gasteiger partial charge in [-0.15, -0.1) is 0 Å². The molecule has 0 heterocycles. The number of nitrogens with zero attached hydrogens (tertiary/aromatic N) is 1. The Morgan fingerprint density at radius 3 is 2.31 bits per heavy atom. The maximum atomic E-state index is 12.5. The first kappa shape index (κ1) is 22.8. The highest BCUT2D eigenvalue weighted by atomic mass is 32.2. The molecule has 0 aliphatic rings. The number of sulfonamides is 1. The van der Waals surface area contributed by atoms with Crippen molar-refractivity contribution in [1.29, 1.82) is 0 Å². The van der Waals surface area contributed by atoms with Gasteiger partial charge in [0, 0.05) is 17.5 Å². The topological polar surface area (TPSA) is 96.9 Å². The van der Waals surface area contributed by atoms with Gasteiger partial charge >= 0.3 is 0 Å². The number of hydrazone groups is 1. The second-order valence-electron chi connectivity index (χ2n) is 6.58. The molecule has 0 radical (unpaired) electrons. The third kappa shape index (κ3) is 6.55. The van der Waals surface area contributed by atoms with Crippen molar-refractivity contribution in [2.45, 2.75) is 11.8 Å². The molecule has 2 N–H and O–H groups in total. The lowest BCUT2D eigenvalue weighted by molar-refractivity contribution is 0.0955. The first-order valence-electron chi connectivity index (χ1n) is 9.89. The molecule has 164 valence electrons. The first-order valence-corrected chi connectivity index (χ1v) is 11.4. The van der Waals surface area contributed by atoms with Crippen molar-refractivity contribution < 1.29 is 17.9 Å². The van der Waals surface area contributed by atoms with Crippen LogP contribution in [0.5, 0.6) is 5.75 Å². The van der Waals surface area contributed by atoms with E-state index in [4.69, 9.17) is 4.74 Å². The molecule has 0 bridgehead atoms. The fourth-order valence-corrected chi connectivity index (χ4v) is 3.77. The zero-order chi connectivity index (χ0) is 22.8.